The highest BCUT2D eigenvalue weighted by molar-refractivity contribution is 5.89. The van der Waals surface area contributed by atoms with Crippen LogP contribution in [0, 0.1) is 5.92 Å². The van der Waals surface area contributed by atoms with Gasteiger partial charge in [-0.25, -0.2) is 4.79 Å². The highest BCUT2D eigenvalue weighted by Gasteiger charge is 2.43. The molecule has 0 spiro atoms. The molecular formula is C10H12F3NO4. The Balaban J connectivity index is 3.17. The first-order valence-corrected chi connectivity index (χ1v) is 5.13. The fourth-order valence-corrected chi connectivity index (χ4v) is 2.09. The molecular weight excluding hydrogens is 255 g/mol. The Labute approximate surface area is 100 Å². The topological polar surface area (TPSA) is 101 Å². The lowest BCUT2D eigenvalue weighted by Gasteiger charge is -2.28. The number of carboxylic acids is 2. The van der Waals surface area contributed by atoms with Gasteiger partial charge in [0.25, 0.3) is 0 Å². The van der Waals surface area contributed by atoms with E-state index in [9.17, 15) is 22.8 Å². The molecule has 8 heteroatoms. The second kappa shape index (κ2) is 4.97. The van der Waals surface area contributed by atoms with Gasteiger partial charge in [0.15, 0.2) is 0 Å². The summed E-state index contributed by atoms with van der Waals surface area (Å²) in [7, 11) is 0. The second-order valence-electron chi connectivity index (χ2n) is 4.22. The van der Waals surface area contributed by atoms with Crippen LogP contribution in [0.15, 0.2) is 11.1 Å². The zero-order valence-electron chi connectivity index (χ0n) is 9.20. The van der Waals surface area contributed by atoms with E-state index in [1.807, 2.05) is 0 Å². The van der Waals surface area contributed by atoms with Crippen LogP contribution in [-0.2, 0) is 9.59 Å². The summed E-state index contributed by atoms with van der Waals surface area (Å²) >= 11 is 0. The third-order valence-corrected chi connectivity index (χ3v) is 2.79. The molecule has 0 aromatic rings. The number of rotatable bonds is 2. The van der Waals surface area contributed by atoms with Gasteiger partial charge in [0, 0.05) is 6.04 Å². The van der Waals surface area contributed by atoms with E-state index in [0.717, 1.165) is 0 Å². The summed E-state index contributed by atoms with van der Waals surface area (Å²) in [6, 6.07) is -0.772. The summed E-state index contributed by atoms with van der Waals surface area (Å²) in [5, 5.41) is 17.4. The molecule has 18 heavy (non-hydrogen) atoms. The maximum atomic E-state index is 12.6. The van der Waals surface area contributed by atoms with Crippen molar-refractivity contribution in [2.45, 2.75) is 31.5 Å². The molecule has 1 saturated carbocycles. The fraction of sp³-hybridized carbons (Fsp3) is 0.600. The standard InChI is InChI=1S/C10H12F3NO4/c11-10(12,13)7(9(17)18)4-1-5(8(15)16)3-6(14)2-4/h5-6H,1-3,14H2,(H,15,16)(H,17,18)/b7-4-/t5-,6+/m0/s1. The number of carboxylic acid groups (broad SMARTS) is 2. The third-order valence-electron chi connectivity index (χ3n) is 2.79. The molecule has 0 bridgehead atoms. The molecule has 4 N–H and O–H groups in total. The predicted molar refractivity (Wildman–Crippen MR) is 53.7 cm³/mol. The summed E-state index contributed by atoms with van der Waals surface area (Å²) in [4.78, 5) is 21.4. The summed E-state index contributed by atoms with van der Waals surface area (Å²) in [5.74, 6) is -4.44. The van der Waals surface area contributed by atoms with E-state index in [1.54, 1.807) is 0 Å². The van der Waals surface area contributed by atoms with E-state index in [-0.39, 0.29) is 12.8 Å². The molecule has 0 unspecified atom stereocenters. The van der Waals surface area contributed by atoms with Gasteiger partial charge in [0.05, 0.1) is 5.92 Å². The minimum absolute atomic E-state index is 0.0452. The Morgan fingerprint density at radius 3 is 2.17 bits per heavy atom. The van der Waals surface area contributed by atoms with Gasteiger partial charge in [-0.15, -0.1) is 0 Å². The minimum Gasteiger partial charge on any atom is -0.481 e. The van der Waals surface area contributed by atoms with Crippen molar-refractivity contribution in [2.24, 2.45) is 11.7 Å². The molecule has 1 aliphatic rings. The summed E-state index contributed by atoms with van der Waals surface area (Å²) in [6.07, 6.45) is -5.64. The zero-order valence-corrected chi connectivity index (χ0v) is 9.20. The Bertz CT molecular complexity index is 402. The van der Waals surface area contributed by atoms with Crippen molar-refractivity contribution in [1.29, 1.82) is 0 Å². The average molecular weight is 267 g/mol. The first-order valence-electron chi connectivity index (χ1n) is 5.13. The van der Waals surface area contributed by atoms with Crippen LogP contribution in [0.1, 0.15) is 19.3 Å². The number of alkyl halides is 3. The normalized spacial score (nSPS) is 27.8. The Kier molecular flexibility index (Phi) is 4.00. The van der Waals surface area contributed by atoms with Crippen LogP contribution >= 0.6 is 0 Å². The third kappa shape index (κ3) is 3.22. The molecule has 102 valence electrons. The fourth-order valence-electron chi connectivity index (χ4n) is 2.09. The van der Waals surface area contributed by atoms with Crippen molar-refractivity contribution in [2.75, 3.05) is 0 Å². The molecule has 0 amide bonds. The van der Waals surface area contributed by atoms with Crippen molar-refractivity contribution >= 4 is 11.9 Å². The zero-order chi connectivity index (χ0) is 14.1. The average Bonchev–Trinajstić information content (AvgIpc) is 2.13. The van der Waals surface area contributed by atoms with E-state index >= 15 is 0 Å². The van der Waals surface area contributed by atoms with Gasteiger partial charge in [-0.1, -0.05) is 0 Å². The molecule has 0 aromatic carbocycles. The first kappa shape index (κ1) is 14.5. The molecule has 1 fully saturated rings. The maximum absolute atomic E-state index is 12.6. The van der Waals surface area contributed by atoms with Gasteiger partial charge in [0.2, 0.25) is 0 Å². The lowest BCUT2D eigenvalue weighted by molar-refractivity contribution is -0.147. The van der Waals surface area contributed by atoms with Gasteiger partial charge in [-0.05, 0) is 24.8 Å². The van der Waals surface area contributed by atoms with Crippen LogP contribution in [-0.4, -0.2) is 34.4 Å². The van der Waals surface area contributed by atoms with E-state index in [2.05, 4.69) is 0 Å². The van der Waals surface area contributed by atoms with Gasteiger partial charge < -0.3 is 15.9 Å². The number of hydrogen-bond donors (Lipinski definition) is 3. The number of halogens is 3. The summed E-state index contributed by atoms with van der Waals surface area (Å²) < 4.78 is 37.8. The monoisotopic (exact) mass is 267 g/mol. The van der Waals surface area contributed by atoms with Crippen LogP contribution in [0.2, 0.25) is 0 Å². The smallest absolute Gasteiger partial charge is 0.423 e. The number of hydrogen-bond acceptors (Lipinski definition) is 3. The van der Waals surface area contributed by atoms with Crippen LogP contribution in [0.4, 0.5) is 13.2 Å². The molecule has 1 aliphatic carbocycles. The van der Waals surface area contributed by atoms with Gasteiger partial charge >= 0.3 is 18.1 Å². The first-order chi connectivity index (χ1) is 8.12. The quantitative estimate of drug-likeness (QED) is 0.651. The Morgan fingerprint density at radius 1 is 1.22 bits per heavy atom. The number of aliphatic carboxylic acids is 2. The molecule has 2 atom stereocenters. The summed E-state index contributed by atoms with van der Waals surface area (Å²) in [6.45, 7) is 0. The van der Waals surface area contributed by atoms with Crippen LogP contribution in [0.3, 0.4) is 0 Å². The molecule has 0 heterocycles. The highest BCUT2D eigenvalue weighted by Crippen LogP contribution is 2.36. The van der Waals surface area contributed by atoms with Gasteiger partial charge in [-0.2, -0.15) is 13.2 Å². The predicted octanol–water partition coefficient (Wildman–Crippen LogP) is 1.14. The van der Waals surface area contributed by atoms with Crippen molar-refractivity contribution in [3.8, 4) is 0 Å². The van der Waals surface area contributed by atoms with Crippen LogP contribution < -0.4 is 5.73 Å². The molecule has 0 radical (unpaired) electrons. The summed E-state index contributed by atoms with van der Waals surface area (Å²) in [5.41, 5.74) is 3.34. The highest BCUT2D eigenvalue weighted by atomic mass is 19.4. The lowest BCUT2D eigenvalue weighted by Crippen LogP contribution is -2.35. The van der Waals surface area contributed by atoms with Crippen LogP contribution in [0.25, 0.3) is 0 Å². The van der Waals surface area contributed by atoms with E-state index in [1.165, 1.54) is 0 Å². The SMILES string of the molecule is N[C@@H]1C/C(=C(/C(=O)O)C(F)(F)F)C[C@H](C(=O)O)C1. The van der Waals surface area contributed by atoms with Crippen molar-refractivity contribution in [1.82, 2.24) is 0 Å². The van der Waals surface area contributed by atoms with Gasteiger partial charge in [-0.3, -0.25) is 4.79 Å². The van der Waals surface area contributed by atoms with E-state index in [4.69, 9.17) is 15.9 Å². The van der Waals surface area contributed by atoms with Crippen molar-refractivity contribution in [3.05, 3.63) is 11.1 Å². The van der Waals surface area contributed by atoms with Crippen molar-refractivity contribution in [3.63, 3.8) is 0 Å². The van der Waals surface area contributed by atoms with Crippen molar-refractivity contribution < 1.29 is 33.0 Å². The van der Waals surface area contributed by atoms with Crippen LogP contribution in [0.5, 0.6) is 0 Å². The lowest BCUT2D eigenvalue weighted by atomic mass is 9.80. The number of nitrogens with two attached hydrogens (primary N) is 1. The Hall–Kier alpha value is -1.57. The molecule has 0 aromatic heterocycles. The molecule has 0 aliphatic heterocycles. The molecule has 0 saturated heterocycles. The molecule has 5 nitrogen and oxygen atoms in total. The number of carbonyl (C=O) groups is 2. The Morgan fingerprint density at radius 2 is 1.78 bits per heavy atom. The minimum atomic E-state index is -5.01. The second-order valence-corrected chi connectivity index (χ2v) is 4.22. The van der Waals surface area contributed by atoms with E-state index < -0.39 is 47.6 Å². The maximum Gasteiger partial charge on any atom is 0.423 e. The largest absolute Gasteiger partial charge is 0.481 e. The van der Waals surface area contributed by atoms with E-state index in [0.29, 0.717) is 0 Å². The van der Waals surface area contributed by atoms with Gasteiger partial charge in [0.1, 0.15) is 5.57 Å². The molecule has 1 rings (SSSR count).